The minimum atomic E-state index is -4.42. The highest BCUT2D eigenvalue weighted by Gasteiger charge is 2.30. The van der Waals surface area contributed by atoms with Crippen LogP contribution in [0.5, 0.6) is 0 Å². The van der Waals surface area contributed by atoms with Gasteiger partial charge in [-0.2, -0.15) is 18.3 Å². The molecule has 0 unspecified atom stereocenters. The average Bonchev–Trinajstić information content (AvgIpc) is 3.02. The van der Waals surface area contributed by atoms with Crippen LogP contribution < -0.4 is 5.32 Å². The molecule has 1 saturated heterocycles. The fraction of sp³-hybridized carbons (Fsp3) is 0.412. The van der Waals surface area contributed by atoms with Crippen LogP contribution in [0.3, 0.4) is 0 Å². The highest BCUT2D eigenvalue weighted by Crippen LogP contribution is 2.29. The molecule has 1 amide bonds. The molecule has 0 bridgehead atoms. The molecule has 3 rings (SSSR count). The predicted octanol–water partition coefficient (Wildman–Crippen LogP) is 3.72. The number of benzene rings is 1. The summed E-state index contributed by atoms with van der Waals surface area (Å²) < 4.78 is 45.0. The normalized spacial score (nSPS) is 18.1. The van der Waals surface area contributed by atoms with Crippen LogP contribution in [0.15, 0.2) is 36.7 Å². The third-order valence-corrected chi connectivity index (χ3v) is 4.03. The third kappa shape index (κ3) is 4.60. The first-order valence-electron chi connectivity index (χ1n) is 8.04. The maximum absolute atomic E-state index is 12.5. The van der Waals surface area contributed by atoms with Crippen molar-refractivity contribution in [2.75, 3.05) is 11.9 Å². The van der Waals surface area contributed by atoms with Gasteiger partial charge in [0.25, 0.3) is 5.91 Å². The number of nitrogens with zero attached hydrogens (tertiary/aromatic N) is 2. The van der Waals surface area contributed by atoms with E-state index >= 15 is 0 Å². The first kappa shape index (κ1) is 17.5. The molecule has 1 fully saturated rings. The molecule has 1 aromatic heterocycles. The molecule has 0 saturated carbocycles. The molecule has 25 heavy (non-hydrogen) atoms. The van der Waals surface area contributed by atoms with Crippen molar-refractivity contribution < 1.29 is 22.7 Å². The number of nitrogens with one attached hydrogen (secondary N) is 1. The van der Waals surface area contributed by atoms with Gasteiger partial charge in [0.05, 0.1) is 30.1 Å². The van der Waals surface area contributed by atoms with E-state index in [9.17, 15) is 18.0 Å². The summed E-state index contributed by atoms with van der Waals surface area (Å²) in [5.74, 6) is -0.484. The lowest BCUT2D eigenvalue weighted by atomic mass is 10.1. The van der Waals surface area contributed by atoms with Crippen LogP contribution in [0.4, 0.5) is 18.9 Å². The highest BCUT2D eigenvalue weighted by molar-refractivity contribution is 6.04. The summed E-state index contributed by atoms with van der Waals surface area (Å²) in [6.45, 7) is 1.36. The second kappa shape index (κ2) is 7.26. The SMILES string of the molecule is O=C(Nc1cnn(C[C@@H]2CCCCO2)c1)c1ccc(C(F)(F)F)cc1. The zero-order valence-corrected chi connectivity index (χ0v) is 13.4. The Bertz CT molecular complexity index is 719. The first-order valence-corrected chi connectivity index (χ1v) is 8.04. The van der Waals surface area contributed by atoms with Gasteiger partial charge >= 0.3 is 6.18 Å². The molecular weight excluding hydrogens is 335 g/mol. The van der Waals surface area contributed by atoms with Gasteiger partial charge in [0.2, 0.25) is 0 Å². The molecule has 0 spiro atoms. The van der Waals surface area contributed by atoms with Gasteiger partial charge in [-0.3, -0.25) is 9.48 Å². The van der Waals surface area contributed by atoms with Crippen molar-refractivity contribution in [3.8, 4) is 0 Å². The molecule has 5 nitrogen and oxygen atoms in total. The van der Waals surface area contributed by atoms with Crippen LogP contribution in [0.2, 0.25) is 0 Å². The van der Waals surface area contributed by atoms with Crippen molar-refractivity contribution in [1.82, 2.24) is 9.78 Å². The van der Waals surface area contributed by atoms with E-state index in [0.29, 0.717) is 12.2 Å². The second-order valence-corrected chi connectivity index (χ2v) is 5.97. The fourth-order valence-corrected chi connectivity index (χ4v) is 2.70. The van der Waals surface area contributed by atoms with Crippen LogP contribution in [-0.4, -0.2) is 28.4 Å². The van der Waals surface area contributed by atoms with E-state index in [1.54, 1.807) is 10.9 Å². The number of carbonyl (C=O) groups excluding carboxylic acids is 1. The number of hydrogen-bond acceptors (Lipinski definition) is 3. The van der Waals surface area contributed by atoms with E-state index < -0.39 is 17.6 Å². The van der Waals surface area contributed by atoms with Gasteiger partial charge in [0.1, 0.15) is 0 Å². The highest BCUT2D eigenvalue weighted by atomic mass is 19.4. The lowest BCUT2D eigenvalue weighted by Gasteiger charge is -2.22. The maximum atomic E-state index is 12.5. The molecule has 1 N–H and O–H groups in total. The second-order valence-electron chi connectivity index (χ2n) is 5.97. The summed E-state index contributed by atoms with van der Waals surface area (Å²) in [4.78, 5) is 12.1. The van der Waals surface area contributed by atoms with E-state index in [0.717, 1.165) is 50.1 Å². The maximum Gasteiger partial charge on any atom is 0.416 e. The number of halogens is 3. The van der Waals surface area contributed by atoms with Gasteiger partial charge in [-0.05, 0) is 43.5 Å². The Morgan fingerprint density at radius 3 is 2.68 bits per heavy atom. The molecule has 2 heterocycles. The summed E-state index contributed by atoms with van der Waals surface area (Å²) in [6.07, 6.45) is 2.06. The van der Waals surface area contributed by atoms with Crippen LogP contribution >= 0.6 is 0 Å². The Balaban J connectivity index is 1.59. The number of ether oxygens (including phenoxy) is 1. The smallest absolute Gasteiger partial charge is 0.376 e. The summed E-state index contributed by atoms with van der Waals surface area (Å²) >= 11 is 0. The molecule has 0 aliphatic carbocycles. The quantitative estimate of drug-likeness (QED) is 0.911. The van der Waals surface area contributed by atoms with Gasteiger partial charge < -0.3 is 10.1 Å². The van der Waals surface area contributed by atoms with Crippen molar-refractivity contribution in [2.24, 2.45) is 0 Å². The number of rotatable bonds is 4. The number of carbonyl (C=O) groups is 1. The fourth-order valence-electron chi connectivity index (χ4n) is 2.70. The monoisotopic (exact) mass is 353 g/mol. The van der Waals surface area contributed by atoms with E-state index in [1.807, 2.05) is 0 Å². The lowest BCUT2D eigenvalue weighted by Crippen LogP contribution is -2.24. The van der Waals surface area contributed by atoms with Crippen LogP contribution in [0.1, 0.15) is 35.2 Å². The number of hydrogen-bond donors (Lipinski definition) is 1. The molecule has 1 aliphatic heterocycles. The number of aromatic nitrogens is 2. The lowest BCUT2D eigenvalue weighted by molar-refractivity contribution is -0.137. The summed E-state index contributed by atoms with van der Waals surface area (Å²) in [7, 11) is 0. The van der Waals surface area contributed by atoms with Gasteiger partial charge in [0.15, 0.2) is 0 Å². The largest absolute Gasteiger partial charge is 0.416 e. The van der Waals surface area contributed by atoms with Crippen LogP contribution in [0.25, 0.3) is 0 Å². The zero-order chi connectivity index (χ0) is 17.9. The van der Waals surface area contributed by atoms with E-state index in [1.165, 1.54) is 6.20 Å². The number of alkyl halides is 3. The Labute approximate surface area is 142 Å². The van der Waals surface area contributed by atoms with Crippen molar-refractivity contribution in [1.29, 1.82) is 0 Å². The molecule has 8 heteroatoms. The van der Waals surface area contributed by atoms with Crippen LogP contribution in [-0.2, 0) is 17.5 Å². The predicted molar refractivity (Wildman–Crippen MR) is 85.2 cm³/mol. The molecule has 1 aliphatic rings. The molecule has 134 valence electrons. The zero-order valence-electron chi connectivity index (χ0n) is 13.4. The van der Waals surface area contributed by atoms with Gasteiger partial charge in [-0.1, -0.05) is 0 Å². The summed E-state index contributed by atoms with van der Waals surface area (Å²) in [5.41, 5.74) is -0.151. The molecule has 2 aromatic rings. The number of anilines is 1. The van der Waals surface area contributed by atoms with Gasteiger partial charge in [-0.25, -0.2) is 0 Å². The minimum Gasteiger partial charge on any atom is -0.376 e. The summed E-state index contributed by atoms with van der Waals surface area (Å²) in [5, 5.41) is 6.81. The van der Waals surface area contributed by atoms with E-state index in [4.69, 9.17) is 4.74 Å². The average molecular weight is 353 g/mol. The first-order chi connectivity index (χ1) is 11.9. The Morgan fingerprint density at radius 2 is 2.04 bits per heavy atom. The topological polar surface area (TPSA) is 56.2 Å². The minimum absolute atomic E-state index is 0.118. The Hall–Kier alpha value is -2.35. The molecule has 1 aromatic carbocycles. The Morgan fingerprint density at radius 1 is 1.28 bits per heavy atom. The van der Waals surface area contributed by atoms with Crippen molar-refractivity contribution in [3.05, 3.63) is 47.8 Å². The number of amides is 1. The third-order valence-electron chi connectivity index (χ3n) is 4.03. The van der Waals surface area contributed by atoms with Crippen LogP contribution in [0, 0.1) is 0 Å². The standard InChI is InChI=1S/C17H18F3N3O2/c18-17(19,20)13-6-4-12(5-7-13)16(24)22-14-9-21-23(10-14)11-15-3-1-2-8-25-15/h4-7,9-10,15H,1-3,8,11H2,(H,22,24)/t15-/m0/s1. The van der Waals surface area contributed by atoms with Crippen molar-refractivity contribution >= 4 is 11.6 Å². The van der Waals surface area contributed by atoms with Gasteiger partial charge in [0, 0.05) is 18.4 Å². The molecule has 0 radical (unpaired) electrons. The van der Waals surface area contributed by atoms with E-state index in [-0.39, 0.29) is 11.7 Å². The molecule has 1 atom stereocenters. The van der Waals surface area contributed by atoms with Crippen molar-refractivity contribution in [3.63, 3.8) is 0 Å². The Kier molecular flexibility index (Phi) is 5.08. The summed E-state index contributed by atoms with van der Waals surface area (Å²) in [6, 6.07) is 4.08. The van der Waals surface area contributed by atoms with Gasteiger partial charge in [-0.15, -0.1) is 0 Å². The van der Waals surface area contributed by atoms with Crippen molar-refractivity contribution in [2.45, 2.75) is 38.1 Å². The molecular formula is C17H18F3N3O2. The van der Waals surface area contributed by atoms with E-state index in [2.05, 4.69) is 10.4 Å².